The Morgan fingerprint density at radius 1 is 1.20 bits per heavy atom. The average molecular weight is 457 g/mol. The lowest BCUT2D eigenvalue weighted by atomic mass is 10.1. The van der Waals surface area contributed by atoms with Crippen LogP contribution in [0.3, 0.4) is 0 Å². The highest BCUT2D eigenvalue weighted by Gasteiger charge is 2.17. The number of amides is 1. The van der Waals surface area contributed by atoms with E-state index in [9.17, 15) is 4.79 Å². The number of benzene rings is 1. The molecule has 25 heavy (non-hydrogen) atoms. The number of piperazine rings is 1. The van der Waals surface area contributed by atoms with Crippen molar-refractivity contribution in [2.75, 3.05) is 44.6 Å². The predicted molar refractivity (Wildman–Crippen MR) is 113 cm³/mol. The lowest BCUT2D eigenvalue weighted by Crippen LogP contribution is -2.48. The van der Waals surface area contributed by atoms with Crippen molar-refractivity contribution in [1.82, 2.24) is 9.80 Å². The second kappa shape index (κ2) is 9.38. The molecule has 3 N–H and O–H groups in total. The molecular formula is C18H28IN5O. The summed E-state index contributed by atoms with van der Waals surface area (Å²) < 4.78 is 0. The molecule has 0 unspecified atom stereocenters. The number of rotatable bonds is 4. The van der Waals surface area contributed by atoms with Gasteiger partial charge >= 0.3 is 0 Å². The van der Waals surface area contributed by atoms with E-state index >= 15 is 0 Å². The maximum Gasteiger partial charge on any atom is 0.219 e. The minimum atomic E-state index is 0. The van der Waals surface area contributed by atoms with Crippen LogP contribution in [0.1, 0.15) is 24.5 Å². The molecule has 0 radical (unpaired) electrons. The minimum absolute atomic E-state index is 0. The number of nitrogens with zero attached hydrogens (tertiary/aromatic N) is 3. The number of nitrogens with two attached hydrogens (primary N) is 1. The zero-order valence-electron chi connectivity index (χ0n) is 14.8. The third-order valence-corrected chi connectivity index (χ3v) is 4.89. The number of nitrogens with one attached hydrogen (secondary N) is 1. The van der Waals surface area contributed by atoms with E-state index in [2.05, 4.69) is 33.4 Å². The first-order valence-electron chi connectivity index (χ1n) is 8.78. The van der Waals surface area contributed by atoms with Crippen molar-refractivity contribution in [2.45, 2.75) is 26.2 Å². The highest BCUT2D eigenvalue weighted by molar-refractivity contribution is 14.0. The first-order chi connectivity index (χ1) is 11.6. The summed E-state index contributed by atoms with van der Waals surface area (Å²) >= 11 is 0. The quantitative estimate of drug-likeness (QED) is 0.410. The number of aryl methyl sites for hydroxylation is 2. The summed E-state index contributed by atoms with van der Waals surface area (Å²) in [6, 6.07) is 6.45. The van der Waals surface area contributed by atoms with E-state index in [0.29, 0.717) is 12.5 Å². The van der Waals surface area contributed by atoms with Crippen molar-refractivity contribution in [3.05, 3.63) is 29.3 Å². The van der Waals surface area contributed by atoms with Gasteiger partial charge in [-0.1, -0.05) is 6.07 Å². The van der Waals surface area contributed by atoms with Gasteiger partial charge in [-0.3, -0.25) is 14.7 Å². The number of halogens is 1. The van der Waals surface area contributed by atoms with E-state index in [1.54, 1.807) is 6.92 Å². The number of carbonyl (C=O) groups is 1. The van der Waals surface area contributed by atoms with Crippen LogP contribution in [0.25, 0.3) is 0 Å². The smallest absolute Gasteiger partial charge is 0.219 e. The van der Waals surface area contributed by atoms with Crippen molar-refractivity contribution < 1.29 is 4.79 Å². The van der Waals surface area contributed by atoms with Gasteiger partial charge in [0, 0.05) is 45.3 Å². The van der Waals surface area contributed by atoms with E-state index in [1.165, 1.54) is 24.0 Å². The molecule has 3 rings (SSSR count). The van der Waals surface area contributed by atoms with E-state index < -0.39 is 0 Å². The van der Waals surface area contributed by atoms with Crippen LogP contribution in [0, 0.1) is 0 Å². The van der Waals surface area contributed by atoms with Crippen LogP contribution in [0.2, 0.25) is 0 Å². The zero-order valence-corrected chi connectivity index (χ0v) is 17.2. The van der Waals surface area contributed by atoms with Gasteiger partial charge in [-0.05, 0) is 42.5 Å². The van der Waals surface area contributed by atoms with Gasteiger partial charge < -0.3 is 16.0 Å². The van der Waals surface area contributed by atoms with Gasteiger partial charge in [0.05, 0.1) is 6.54 Å². The Bertz CT molecular complexity index is 626. The monoisotopic (exact) mass is 457 g/mol. The van der Waals surface area contributed by atoms with Crippen LogP contribution >= 0.6 is 24.0 Å². The predicted octanol–water partition coefficient (Wildman–Crippen LogP) is 1.68. The van der Waals surface area contributed by atoms with Crippen LogP contribution in [0.5, 0.6) is 0 Å². The maximum absolute atomic E-state index is 11.3. The average Bonchev–Trinajstić information content (AvgIpc) is 3.03. The Labute approximate surface area is 166 Å². The molecule has 138 valence electrons. The van der Waals surface area contributed by atoms with Crippen LogP contribution in [-0.4, -0.2) is 60.9 Å². The Balaban J connectivity index is 0.00000225. The van der Waals surface area contributed by atoms with Gasteiger partial charge in [-0.25, -0.2) is 0 Å². The molecular weight excluding hydrogens is 429 g/mol. The summed E-state index contributed by atoms with van der Waals surface area (Å²) in [5.41, 5.74) is 9.90. The van der Waals surface area contributed by atoms with E-state index in [0.717, 1.165) is 44.8 Å². The third-order valence-electron chi connectivity index (χ3n) is 4.89. The zero-order chi connectivity index (χ0) is 16.9. The molecule has 7 heteroatoms. The summed E-state index contributed by atoms with van der Waals surface area (Å²) in [5, 5.41) is 3.19. The molecule has 0 atom stereocenters. The number of anilines is 1. The third kappa shape index (κ3) is 5.57. The lowest BCUT2D eigenvalue weighted by Gasteiger charge is -2.33. The maximum atomic E-state index is 11.3. The molecule has 1 amide bonds. The lowest BCUT2D eigenvalue weighted by molar-refractivity contribution is -0.130. The standard InChI is InChI=1S/C18H27N5O.HI/c1-14(24)23-11-9-22(10-12-23)8-7-20-18(19)21-17-6-5-15-3-2-4-16(15)13-17;/h5-6,13H,2-4,7-12H2,1H3,(H3,19,20,21);1H. The van der Waals surface area contributed by atoms with Gasteiger partial charge in [-0.15, -0.1) is 24.0 Å². The molecule has 1 aliphatic heterocycles. The van der Waals surface area contributed by atoms with Gasteiger partial charge in [-0.2, -0.15) is 0 Å². The number of carbonyl (C=O) groups excluding carboxylic acids is 1. The second-order valence-electron chi connectivity index (χ2n) is 6.58. The molecule has 1 saturated heterocycles. The largest absolute Gasteiger partial charge is 0.370 e. The van der Waals surface area contributed by atoms with Crippen molar-refractivity contribution in [2.24, 2.45) is 10.7 Å². The molecule has 1 aliphatic carbocycles. The van der Waals surface area contributed by atoms with Gasteiger partial charge in [0.15, 0.2) is 5.96 Å². The molecule has 0 spiro atoms. The molecule has 1 aromatic carbocycles. The van der Waals surface area contributed by atoms with Crippen molar-refractivity contribution in [3.8, 4) is 0 Å². The summed E-state index contributed by atoms with van der Waals surface area (Å²) in [5.74, 6) is 0.630. The number of hydrogen-bond donors (Lipinski definition) is 2. The molecule has 1 aromatic rings. The Kier molecular flexibility index (Phi) is 7.49. The summed E-state index contributed by atoms with van der Waals surface area (Å²) in [6.45, 7) is 6.61. The number of hydrogen-bond acceptors (Lipinski definition) is 3. The summed E-state index contributed by atoms with van der Waals surface area (Å²) in [4.78, 5) is 20.0. The molecule has 1 heterocycles. The van der Waals surface area contributed by atoms with Crippen molar-refractivity contribution in [3.63, 3.8) is 0 Å². The van der Waals surface area contributed by atoms with Gasteiger partial charge in [0.25, 0.3) is 0 Å². The highest BCUT2D eigenvalue weighted by Crippen LogP contribution is 2.24. The van der Waals surface area contributed by atoms with Crippen LogP contribution in [0.15, 0.2) is 23.2 Å². The van der Waals surface area contributed by atoms with Crippen LogP contribution < -0.4 is 11.1 Å². The Morgan fingerprint density at radius 2 is 1.92 bits per heavy atom. The second-order valence-corrected chi connectivity index (χ2v) is 6.58. The Hall–Kier alpha value is -1.35. The SMILES string of the molecule is CC(=O)N1CCN(CCN=C(N)Nc2ccc3c(c2)CCC3)CC1.I. The normalized spacial score (nSPS) is 17.8. The number of fused-ring (bicyclic) bond motifs is 1. The Morgan fingerprint density at radius 3 is 2.64 bits per heavy atom. The molecule has 2 aliphatic rings. The highest BCUT2D eigenvalue weighted by atomic mass is 127. The number of aliphatic imine (C=N–C) groups is 1. The fraction of sp³-hybridized carbons (Fsp3) is 0.556. The van der Waals surface area contributed by atoms with E-state index in [-0.39, 0.29) is 29.9 Å². The van der Waals surface area contributed by atoms with Crippen LogP contribution in [-0.2, 0) is 17.6 Å². The fourth-order valence-corrected chi connectivity index (χ4v) is 3.44. The van der Waals surface area contributed by atoms with Crippen LogP contribution in [0.4, 0.5) is 5.69 Å². The molecule has 6 nitrogen and oxygen atoms in total. The minimum Gasteiger partial charge on any atom is -0.370 e. The number of guanidine groups is 1. The van der Waals surface area contributed by atoms with E-state index in [4.69, 9.17) is 5.73 Å². The topological polar surface area (TPSA) is 74.0 Å². The first kappa shape index (κ1) is 20.0. The molecule has 1 fully saturated rings. The molecule has 0 saturated carbocycles. The first-order valence-corrected chi connectivity index (χ1v) is 8.78. The fourth-order valence-electron chi connectivity index (χ4n) is 3.44. The molecule has 0 bridgehead atoms. The summed E-state index contributed by atoms with van der Waals surface area (Å²) in [6.07, 6.45) is 3.60. The molecule has 0 aromatic heterocycles. The van der Waals surface area contributed by atoms with Gasteiger partial charge in [0.2, 0.25) is 5.91 Å². The van der Waals surface area contributed by atoms with Crippen molar-refractivity contribution in [1.29, 1.82) is 0 Å². The van der Waals surface area contributed by atoms with Crippen molar-refractivity contribution >= 4 is 41.5 Å². The van der Waals surface area contributed by atoms with Gasteiger partial charge in [0.1, 0.15) is 0 Å². The van der Waals surface area contributed by atoms with E-state index in [1.807, 2.05) is 4.90 Å². The summed E-state index contributed by atoms with van der Waals surface area (Å²) in [7, 11) is 0.